The van der Waals surface area contributed by atoms with E-state index in [-0.39, 0.29) is 0 Å². The van der Waals surface area contributed by atoms with Crippen molar-refractivity contribution in [2.24, 2.45) is 0 Å². The predicted octanol–water partition coefficient (Wildman–Crippen LogP) is 2.57. The Morgan fingerprint density at radius 3 is 2.86 bits per heavy atom. The van der Waals surface area contributed by atoms with Crippen molar-refractivity contribution in [2.75, 3.05) is 11.5 Å². The molecule has 14 heavy (non-hydrogen) atoms. The Morgan fingerprint density at radius 1 is 1.43 bits per heavy atom. The molecule has 0 aliphatic carbocycles. The maximum absolute atomic E-state index is 5.51. The Labute approximate surface area is 89.4 Å². The van der Waals surface area contributed by atoms with Crippen molar-refractivity contribution in [1.82, 2.24) is 5.32 Å². The van der Waals surface area contributed by atoms with Gasteiger partial charge in [-0.1, -0.05) is 0 Å². The van der Waals surface area contributed by atoms with Gasteiger partial charge < -0.3 is 9.73 Å². The lowest BCUT2D eigenvalue weighted by Gasteiger charge is -2.21. The Balaban J connectivity index is 1.76. The number of thioether (sulfide) groups is 1. The maximum Gasteiger partial charge on any atom is 0.117 e. The van der Waals surface area contributed by atoms with Gasteiger partial charge in [-0.3, -0.25) is 0 Å². The van der Waals surface area contributed by atoms with Crippen molar-refractivity contribution in [2.45, 2.75) is 32.4 Å². The fourth-order valence-corrected chi connectivity index (χ4v) is 2.83. The smallest absolute Gasteiger partial charge is 0.117 e. The molecule has 0 spiro atoms. The second-order valence-electron chi connectivity index (χ2n) is 3.78. The highest BCUT2D eigenvalue weighted by atomic mass is 32.2. The highest BCUT2D eigenvalue weighted by Gasteiger charge is 2.13. The van der Waals surface area contributed by atoms with Crippen LogP contribution in [0.5, 0.6) is 0 Å². The number of nitrogens with one attached hydrogen (secondary N) is 1. The zero-order valence-corrected chi connectivity index (χ0v) is 9.40. The van der Waals surface area contributed by atoms with Gasteiger partial charge in [0, 0.05) is 6.04 Å². The first-order valence-corrected chi connectivity index (χ1v) is 6.36. The normalized spacial score (nSPS) is 18.6. The molecule has 2 heterocycles. The third kappa shape index (κ3) is 2.79. The quantitative estimate of drug-likeness (QED) is 0.832. The van der Waals surface area contributed by atoms with Crippen LogP contribution in [0.1, 0.15) is 24.4 Å². The van der Waals surface area contributed by atoms with Crippen molar-refractivity contribution >= 4 is 11.8 Å². The zero-order valence-electron chi connectivity index (χ0n) is 8.58. The van der Waals surface area contributed by atoms with Gasteiger partial charge in [0.25, 0.3) is 0 Å². The summed E-state index contributed by atoms with van der Waals surface area (Å²) in [5.74, 6) is 4.66. The van der Waals surface area contributed by atoms with Crippen LogP contribution in [0.4, 0.5) is 0 Å². The van der Waals surface area contributed by atoms with E-state index in [1.807, 2.05) is 13.0 Å². The molecule has 78 valence electrons. The van der Waals surface area contributed by atoms with Crippen LogP contribution in [0, 0.1) is 6.92 Å². The summed E-state index contributed by atoms with van der Waals surface area (Å²) in [6.45, 7) is 2.87. The molecule has 0 aromatic carbocycles. The lowest BCUT2D eigenvalue weighted by Crippen LogP contribution is -2.31. The van der Waals surface area contributed by atoms with Gasteiger partial charge in [-0.05, 0) is 43.4 Å². The van der Waals surface area contributed by atoms with Crippen LogP contribution in [0.25, 0.3) is 0 Å². The summed E-state index contributed by atoms with van der Waals surface area (Å²) in [7, 11) is 0. The van der Waals surface area contributed by atoms with Crippen LogP contribution < -0.4 is 5.32 Å². The topological polar surface area (TPSA) is 25.2 Å². The summed E-state index contributed by atoms with van der Waals surface area (Å²) in [6, 6.07) is 4.77. The molecule has 1 aromatic heterocycles. The first-order chi connectivity index (χ1) is 6.84. The molecular weight excluding hydrogens is 194 g/mol. The summed E-state index contributed by atoms with van der Waals surface area (Å²) in [6.07, 6.45) is 2.59. The van der Waals surface area contributed by atoms with Crippen molar-refractivity contribution in [3.63, 3.8) is 0 Å². The Hall–Kier alpha value is -0.410. The summed E-state index contributed by atoms with van der Waals surface area (Å²) < 4.78 is 5.51. The minimum absolute atomic E-state index is 0.696. The second kappa shape index (κ2) is 4.89. The standard InChI is InChI=1S/C11H17NOS/c1-9-2-3-11(13-9)8-12-10-4-6-14-7-5-10/h2-3,10,12H,4-8H2,1H3. The van der Waals surface area contributed by atoms with Gasteiger partial charge in [0.1, 0.15) is 11.5 Å². The minimum Gasteiger partial charge on any atom is -0.465 e. The van der Waals surface area contributed by atoms with E-state index in [2.05, 4.69) is 23.1 Å². The molecule has 1 fully saturated rings. The molecule has 2 rings (SSSR count). The molecule has 0 bridgehead atoms. The molecule has 1 aliphatic rings. The third-order valence-corrected chi connectivity index (χ3v) is 3.63. The average molecular weight is 211 g/mol. The molecule has 0 atom stereocenters. The molecule has 0 unspecified atom stereocenters. The van der Waals surface area contributed by atoms with E-state index in [9.17, 15) is 0 Å². The molecule has 1 N–H and O–H groups in total. The highest BCUT2D eigenvalue weighted by molar-refractivity contribution is 7.99. The van der Waals surface area contributed by atoms with Crippen molar-refractivity contribution in [3.8, 4) is 0 Å². The van der Waals surface area contributed by atoms with Gasteiger partial charge in [-0.25, -0.2) is 0 Å². The lowest BCUT2D eigenvalue weighted by molar-refractivity contribution is 0.419. The van der Waals surface area contributed by atoms with E-state index in [0.29, 0.717) is 6.04 Å². The predicted molar refractivity (Wildman–Crippen MR) is 60.6 cm³/mol. The maximum atomic E-state index is 5.51. The Morgan fingerprint density at radius 2 is 2.21 bits per heavy atom. The average Bonchev–Trinajstić information content (AvgIpc) is 2.63. The fourth-order valence-electron chi connectivity index (χ4n) is 1.73. The van der Waals surface area contributed by atoms with E-state index < -0.39 is 0 Å². The van der Waals surface area contributed by atoms with Gasteiger partial charge in [0.2, 0.25) is 0 Å². The summed E-state index contributed by atoms with van der Waals surface area (Å²) >= 11 is 2.06. The molecular formula is C11H17NOS. The molecule has 1 saturated heterocycles. The largest absolute Gasteiger partial charge is 0.465 e. The number of rotatable bonds is 3. The van der Waals surface area contributed by atoms with Gasteiger partial charge >= 0.3 is 0 Å². The molecule has 1 aromatic rings. The van der Waals surface area contributed by atoms with Crippen molar-refractivity contribution < 1.29 is 4.42 Å². The van der Waals surface area contributed by atoms with E-state index in [0.717, 1.165) is 18.1 Å². The van der Waals surface area contributed by atoms with Crippen LogP contribution >= 0.6 is 11.8 Å². The van der Waals surface area contributed by atoms with Crippen LogP contribution in [0.2, 0.25) is 0 Å². The lowest BCUT2D eigenvalue weighted by atomic mass is 10.1. The Kier molecular flexibility index (Phi) is 3.54. The Bertz CT molecular complexity index is 279. The van der Waals surface area contributed by atoms with E-state index >= 15 is 0 Å². The van der Waals surface area contributed by atoms with E-state index in [4.69, 9.17) is 4.42 Å². The number of aryl methyl sites for hydroxylation is 1. The van der Waals surface area contributed by atoms with E-state index in [1.54, 1.807) is 0 Å². The van der Waals surface area contributed by atoms with Crippen molar-refractivity contribution in [1.29, 1.82) is 0 Å². The number of furan rings is 1. The second-order valence-corrected chi connectivity index (χ2v) is 5.00. The number of hydrogen-bond acceptors (Lipinski definition) is 3. The SMILES string of the molecule is Cc1ccc(CNC2CCSCC2)o1. The monoisotopic (exact) mass is 211 g/mol. The zero-order chi connectivity index (χ0) is 9.80. The van der Waals surface area contributed by atoms with Crippen LogP contribution in [0.3, 0.4) is 0 Å². The third-order valence-electron chi connectivity index (χ3n) is 2.58. The van der Waals surface area contributed by atoms with Crippen molar-refractivity contribution in [3.05, 3.63) is 23.7 Å². The van der Waals surface area contributed by atoms with Gasteiger partial charge in [0.15, 0.2) is 0 Å². The van der Waals surface area contributed by atoms with Gasteiger partial charge in [-0.15, -0.1) is 0 Å². The van der Waals surface area contributed by atoms with Crippen LogP contribution in [-0.4, -0.2) is 17.5 Å². The van der Waals surface area contributed by atoms with Gasteiger partial charge in [0.05, 0.1) is 6.54 Å². The molecule has 2 nitrogen and oxygen atoms in total. The van der Waals surface area contributed by atoms with E-state index in [1.165, 1.54) is 24.3 Å². The van der Waals surface area contributed by atoms with Gasteiger partial charge in [-0.2, -0.15) is 11.8 Å². The summed E-state index contributed by atoms with van der Waals surface area (Å²) in [4.78, 5) is 0. The molecule has 1 aliphatic heterocycles. The molecule has 3 heteroatoms. The summed E-state index contributed by atoms with van der Waals surface area (Å²) in [5, 5.41) is 3.54. The minimum atomic E-state index is 0.696. The number of hydrogen-bond donors (Lipinski definition) is 1. The van der Waals surface area contributed by atoms with Crippen LogP contribution in [-0.2, 0) is 6.54 Å². The fraction of sp³-hybridized carbons (Fsp3) is 0.636. The molecule has 0 saturated carbocycles. The molecule has 0 amide bonds. The highest BCUT2D eigenvalue weighted by Crippen LogP contribution is 2.17. The summed E-state index contributed by atoms with van der Waals surface area (Å²) in [5.41, 5.74) is 0. The first kappa shape index (κ1) is 10.1. The van der Waals surface area contributed by atoms with Crippen LogP contribution in [0.15, 0.2) is 16.5 Å². The molecule has 0 radical (unpaired) electrons. The first-order valence-electron chi connectivity index (χ1n) is 5.21.